The van der Waals surface area contributed by atoms with Gasteiger partial charge in [-0.2, -0.15) is 5.26 Å². The van der Waals surface area contributed by atoms with Crippen molar-refractivity contribution in [3.05, 3.63) is 89.2 Å². The van der Waals surface area contributed by atoms with E-state index in [9.17, 15) is 27.5 Å². The average molecular weight is 467 g/mol. The molecule has 10 heteroatoms. The Bertz CT molecular complexity index is 1370. The van der Waals surface area contributed by atoms with E-state index in [1.807, 2.05) is 6.07 Å². The Labute approximate surface area is 189 Å². The van der Waals surface area contributed by atoms with E-state index in [1.165, 1.54) is 24.3 Å². The molecule has 0 spiro atoms. The number of nitrogens with zero attached hydrogens (tertiary/aromatic N) is 1. The van der Waals surface area contributed by atoms with Crippen molar-refractivity contribution in [3.8, 4) is 17.2 Å². The summed E-state index contributed by atoms with van der Waals surface area (Å²) in [6.45, 7) is 0. The molecule has 0 fully saturated rings. The minimum absolute atomic E-state index is 0.0321. The highest BCUT2D eigenvalue weighted by molar-refractivity contribution is 7.89. The summed E-state index contributed by atoms with van der Waals surface area (Å²) in [6.07, 6.45) is -0.0321. The Kier molecular flexibility index (Phi) is 6.86. The number of primary sulfonamides is 1. The molecule has 0 aliphatic rings. The van der Waals surface area contributed by atoms with Crippen LogP contribution >= 0.6 is 0 Å². The number of amides is 1. The third-order valence-electron chi connectivity index (χ3n) is 4.81. The Morgan fingerprint density at radius 1 is 1.09 bits per heavy atom. The van der Waals surface area contributed by atoms with Gasteiger partial charge in [-0.3, -0.25) is 4.79 Å². The second-order valence-electron chi connectivity index (χ2n) is 7.14. The highest BCUT2D eigenvalue weighted by atomic mass is 32.2. The van der Waals surface area contributed by atoms with Crippen LogP contribution in [0.15, 0.2) is 71.6 Å². The molecule has 1 atom stereocenters. The number of hydrogen-bond acceptors (Lipinski definition) is 5. The quantitative estimate of drug-likeness (QED) is 0.486. The van der Waals surface area contributed by atoms with Crippen LogP contribution in [0.4, 0.5) is 4.39 Å². The van der Waals surface area contributed by atoms with Gasteiger partial charge in [0.25, 0.3) is 5.91 Å². The van der Waals surface area contributed by atoms with Crippen molar-refractivity contribution in [1.29, 1.82) is 5.26 Å². The average Bonchev–Trinajstić information content (AvgIpc) is 2.78. The van der Waals surface area contributed by atoms with Crippen molar-refractivity contribution in [2.24, 2.45) is 5.14 Å². The standard InChI is InChI=1S/C23H18FN3O5S/c24-18-8-9-21(33(26,31)32)19(12-18)16-4-6-17(7-5-16)22(28)27-20(23(29)30)11-14-2-1-3-15(10-14)13-25/h1-10,12,20H,11H2,(H,27,28)(H,29,30)(H2,26,31,32)/t20-/m0/s1. The van der Waals surface area contributed by atoms with Crippen molar-refractivity contribution < 1.29 is 27.5 Å². The number of sulfonamides is 1. The minimum atomic E-state index is -4.12. The largest absolute Gasteiger partial charge is 0.480 e. The molecule has 4 N–H and O–H groups in total. The van der Waals surface area contributed by atoms with Crippen LogP contribution in [0.1, 0.15) is 21.5 Å². The highest BCUT2D eigenvalue weighted by Crippen LogP contribution is 2.28. The van der Waals surface area contributed by atoms with Gasteiger partial charge in [-0.1, -0.05) is 24.3 Å². The lowest BCUT2D eigenvalue weighted by atomic mass is 10.0. The van der Waals surface area contributed by atoms with Gasteiger partial charge in [0.1, 0.15) is 11.9 Å². The lowest BCUT2D eigenvalue weighted by Crippen LogP contribution is -2.42. The van der Waals surface area contributed by atoms with Crippen LogP contribution in [0.2, 0.25) is 0 Å². The first-order valence-electron chi connectivity index (χ1n) is 9.54. The molecule has 0 aliphatic heterocycles. The first-order valence-corrected chi connectivity index (χ1v) is 11.1. The maximum absolute atomic E-state index is 13.7. The molecule has 0 saturated heterocycles. The van der Waals surface area contributed by atoms with Gasteiger partial charge in [0.2, 0.25) is 10.0 Å². The second-order valence-corrected chi connectivity index (χ2v) is 8.67. The highest BCUT2D eigenvalue weighted by Gasteiger charge is 2.22. The molecule has 0 saturated carbocycles. The zero-order valence-electron chi connectivity index (χ0n) is 17.0. The van der Waals surface area contributed by atoms with Crippen LogP contribution in [0.3, 0.4) is 0 Å². The fraction of sp³-hybridized carbons (Fsp3) is 0.0870. The number of carboxylic acid groups (broad SMARTS) is 1. The smallest absolute Gasteiger partial charge is 0.326 e. The number of hydrogen-bond donors (Lipinski definition) is 3. The number of aliphatic carboxylic acids is 1. The minimum Gasteiger partial charge on any atom is -0.480 e. The summed E-state index contributed by atoms with van der Waals surface area (Å²) in [6, 6.07) is 15.7. The first-order chi connectivity index (χ1) is 15.6. The summed E-state index contributed by atoms with van der Waals surface area (Å²) in [4.78, 5) is 24.0. The normalized spacial score (nSPS) is 11.9. The SMILES string of the molecule is N#Cc1cccc(C[C@H](NC(=O)c2ccc(-c3cc(F)ccc3S(N)(=O)=O)cc2)C(=O)O)c1. The maximum Gasteiger partial charge on any atom is 0.326 e. The maximum atomic E-state index is 13.7. The summed E-state index contributed by atoms with van der Waals surface area (Å²) in [5.74, 6) is -2.58. The van der Waals surface area contributed by atoms with Crippen LogP contribution < -0.4 is 10.5 Å². The van der Waals surface area contributed by atoms with Crippen molar-refractivity contribution in [2.75, 3.05) is 0 Å². The van der Waals surface area contributed by atoms with Crippen molar-refractivity contribution in [2.45, 2.75) is 17.4 Å². The second kappa shape index (κ2) is 9.60. The lowest BCUT2D eigenvalue weighted by molar-refractivity contribution is -0.139. The number of carbonyl (C=O) groups is 2. The molecule has 0 unspecified atom stereocenters. The predicted molar refractivity (Wildman–Crippen MR) is 117 cm³/mol. The number of nitriles is 1. The van der Waals surface area contributed by atoms with Gasteiger partial charge < -0.3 is 10.4 Å². The number of carboxylic acids is 1. The fourth-order valence-corrected chi connectivity index (χ4v) is 3.96. The molecule has 0 aliphatic carbocycles. The van der Waals surface area contributed by atoms with Crippen molar-refractivity contribution in [1.82, 2.24) is 5.32 Å². The van der Waals surface area contributed by atoms with Crippen LogP contribution in [-0.2, 0) is 21.2 Å². The van der Waals surface area contributed by atoms with Gasteiger partial charge in [-0.05, 0) is 53.6 Å². The Morgan fingerprint density at radius 3 is 2.39 bits per heavy atom. The first kappa shape index (κ1) is 23.6. The van der Waals surface area contributed by atoms with Crippen molar-refractivity contribution >= 4 is 21.9 Å². The van der Waals surface area contributed by atoms with Crippen LogP contribution in [-0.4, -0.2) is 31.4 Å². The number of carbonyl (C=O) groups excluding carboxylic acids is 1. The molecular weight excluding hydrogens is 449 g/mol. The number of nitrogens with one attached hydrogen (secondary N) is 1. The van der Waals surface area contributed by atoms with E-state index in [0.29, 0.717) is 16.7 Å². The molecule has 168 valence electrons. The molecule has 1 amide bonds. The monoisotopic (exact) mass is 467 g/mol. The van der Waals surface area contributed by atoms with Gasteiger partial charge in [0.05, 0.1) is 16.5 Å². The summed E-state index contributed by atoms with van der Waals surface area (Å²) in [5, 5.41) is 26.1. The van der Waals surface area contributed by atoms with Gasteiger partial charge in [-0.15, -0.1) is 0 Å². The van der Waals surface area contributed by atoms with Crippen LogP contribution in [0.25, 0.3) is 11.1 Å². The molecular formula is C23H18FN3O5S. The Hall–Kier alpha value is -4.07. The molecule has 33 heavy (non-hydrogen) atoms. The van der Waals surface area contributed by atoms with E-state index in [1.54, 1.807) is 24.3 Å². The third-order valence-corrected chi connectivity index (χ3v) is 5.77. The van der Waals surface area contributed by atoms with E-state index < -0.39 is 33.8 Å². The van der Waals surface area contributed by atoms with Gasteiger partial charge in [-0.25, -0.2) is 22.7 Å². The van der Waals surface area contributed by atoms with Crippen LogP contribution in [0.5, 0.6) is 0 Å². The van der Waals surface area contributed by atoms with E-state index in [-0.39, 0.29) is 22.4 Å². The van der Waals surface area contributed by atoms with E-state index in [0.717, 1.165) is 18.2 Å². The molecule has 3 rings (SSSR count). The van der Waals surface area contributed by atoms with Gasteiger partial charge in [0, 0.05) is 17.5 Å². The summed E-state index contributed by atoms with van der Waals surface area (Å²) in [5.41, 5.74) is 1.39. The molecule has 3 aromatic carbocycles. The summed E-state index contributed by atoms with van der Waals surface area (Å²) >= 11 is 0. The summed E-state index contributed by atoms with van der Waals surface area (Å²) in [7, 11) is -4.12. The molecule has 0 heterocycles. The van der Waals surface area contributed by atoms with Gasteiger partial charge in [0.15, 0.2) is 0 Å². The number of rotatable bonds is 7. The number of halogens is 1. The van der Waals surface area contributed by atoms with Crippen molar-refractivity contribution in [3.63, 3.8) is 0 Å². The van der Waals surface area contributed by atoms with E-state index in [4.69, 9.17) is 10.4 Å². The number of benzene rings is 3. The lowest BCUT2D eigenvalue weighted by Gasteiger charge is -2.15. The molecule has 8 nitrogen and oxygen atoms in total. The zero-order chi connectivity index (χ0) is 24.2. The van der Waals surface area contributed by atoms with E-state index in [2.05, 4.69) is 5.32 Å². The predicted octanol–water partition coefficient (Wildman–Crippen LogP) is 2.44. The zero-order valence-corrected chi connectivity index (χ0v) is 17.8. The third kappa shape index (κ3) is 5.79. The fourth-order valence-electron chi connectivity index (χ4n) is 3.22. The number of nitrogens with two attached hydrogens (primary N) is 1. The topological polar surface area (TPSA) is 150 Å². The van der Waals surface area contributed by atoms with Crippen LogP contribution in [0, 0.1) is 17.1 Å². The molecule has 0 aromatic heterocycles. The van der Waals surface area contributed by atoms with Gasteiger partial charge >= 0.3 is 5.97 Å². The molecule has 0 bridgehead atoms. The summed E-state index contributed by atoms with van der Waals surface area (Å²) < 4.78 is 37.3. The molecule has 3 aromatic rings. The molecule has 0 radical (unpaired) electrons. The van der Waals surface area contributed by atoms with E-state index >= 15 is 0 Å². The Morgan fingerprint density at radius 2 is 1.79 bits per heavy atom. The Balaban J connectivity index is 1.82.